The van der Waals surface area contributed by atoms with Crippen molar-refractivity contribution < 1.29 is 13.2 Å². The summed E-state index contributed by atoms with van der Waals surface area (Å²) in [5, 5.41) is 4.27. The number of hydrogen-bond donors (Lipinski definition) is 1. The molecule has 1 aliphatic carbocycles. The second kappa shape index (κ2) is 10.9. The Morgan fingerprint density at radius 2 is 1.45 bits per heavy atom. The molecule has 38 heavy (non-hydrogen) atoms. The van der Waals surface area contributed by atoms with Crippen LogP contribution in [0.2, 0.25) is 10.0 Å². The number of carbonyl (C=O) groups is 1. The van der Waals surface area contributed by atoms with Gasteiger partial charge < -0.3 is 5.32 Å². The van der Waals surface area contributed by atoms with Crippen molar-refractivity contribution in [3.8, 4) is 0 Å². The zero-order valence-electron chi connectivity index (χ0n) is 20.3. The van der Waals surface area contributed by atoms with Crippen molar-refractivity contribution in [2.45, 2.75) is 36.4 Å². The monoisotopic (exact) mass is 565 g/mol. The number of hydrogen-bond acceptors (Lipinski definition) is 4. The molecule has 0 radical (unpaired) electrons. The summed E-state index contributed by atoms with van der Waals surface area (Å²) in [7, 11) is -3.83. The molecule has 1 N–H and O–H groups in total. The zero-order valence-corrected chi connectivity index (χ0v) is 22.7. The van der Waals surface area contributed by atoms with E-state index in [9.17, 15) is 13.2 Å². The summed E-state index contributed by atoms with van der Waals surface area (Å²) in [4.78, 5) is 17.3. The zero-order chi connectivity index (χ0) is 26.8. The minimum atomic E-state index is -3.83. The summed E-state index contributed by atoms with van der Waals surface area (Å²) in [6, 6.07) is 24.3. The molecule has 1 heterocycles. The molecule has 0 atom stereocenters. The van der Waals surface area contributed by atoms with Gasteiger partial charge in [0.25, 0.3) is 5.91 Å². The second-order valence-electron chi connectivity index (χ2n) is 9.33. The van der Waals surface area contributed by atoms with E-state index in [1.54, 1.807) is 54.9 Å². The van der Waals surface area contributed by atoms with Gasteiger partial charge in [-0.25, -0.2) is 8.42 Å². The van der Waals surface area contributed by atoms with Crippen molar-refractivity contribution in [3.63, 3.8) is 0 Å². The van der Waals surface area contributed by atoms with Crippen LogP contribution in [0.3, 0.4) is 0 Å². The molecule has 4 aromatic rings. The van der Waals surface area contributed by atoms with Gasteiger partial charge >= 0.3 is 0 Å². The number of halogens is 2. The van der Waals surface area contributed by atoms with Crippen LogP contribution in [0.5, 0.6) is 0 Å². The molecule has 1 amide bonds. The van der Waals surface area contributed by atoms with Crippen LogP contribution >= 0.6 is 23.2 Å². The van der Waals surface area contributed by atoms with Crippen molar-refractivity contribution in [1.29, 1.82) is 0 Å². The van der Waals surface area contributed by atoms with Crippen LogP contribution in [0.4, 0.5) is 0 Å². The lowest BCUT2D eigenvalue weighted by molar-refractivity contribution is 0.0930. The third kappa shape index (κ3) is 5.92. The Balaban J connectivity index is 1.34. The highest BCUT2D eigenvalue weighted by molar-refractivity contribution is 7.89. The van der Waals surface area contributed by atoms with E-state index in [2.05, 4.69) is 10.3 Å². The smallest absolute Gasteiger partial charge is 0.251 e. The molecule has 0 unspecified atom stereocenters. The Hall–Kier alpha value is -3.23. The van der Waals surface area contributed by atoms with Crippen molar-refractivity contribution >= 4 is 39.1 Å². The molecule has 0 spiro atoms. The molecule has 1 aromatic heterocycles. The normalized spacial score (nSPS) is 14.3. The molecule has 194 valence electrons. The van der Waals surface area contributed by atoms with Crippen molar-refractivity contribution in [2.24, 2.45) is 0 Å². The van der Waals surface area contributed by atoms with E-state index in [0.717, 1.165) is 29.5 Å². The largest absolute Gasteiger partial charge is 0.343 e. The lowest BCUT2D eigenvalue weighted by Gasteiger charge is -2.23. The van der Waals surface area contributed by atoms with E-state index >= 15 is 0 Å². The lowest BCUT2D eigenvalue weighted by atomic mass is 10.0. The predicted octanol–water partition coefficient (Wildman–Crippen LogP) is 6.20. The van der Waals surface area contributed by atoms with Gasteiger partial charge in [-0.3, -0.25) is 9.78 Å². The number of aromatic nitrogens is 1. The fourth-order valence-electron chi connectivity index (χ4n) is 4.31. The summed E-state index contributed by atoms with van der Waals surface area (Å²) < 4.78 is 28.5. The maximum absolute atomic E-state index is 13.5. The number of carbonyl (C=O) groups excluding carboxylic acids is 1. The Bertz CT molecular complexity index is 1520. The Kier molecular flexibility index (Phi) is 7.54. The highest BCUT2D eigenvalue weighted by Gasteiger charge is 2.45. The molecule has 9 heteroatoms. The van der Waals surface area contributed by atoms with E-state index in [1.807, 2.05) is 30.3 Å². The van der Waals surface area contributed by atoms with E-state index in [1.165, 1.54) is 16.4 Å². The minimum Gasteiger partial charge on any atom is -0.343 e. The van der Waals surface area contributed by atoms with Gasteiger partial charge in [-0.1, -0.05) is 53.5 Å². The van der Waals surface area contributed by atoms with Crippen LogP contribution in [0.1, 0.15) is 39.9 Å². The third-order valence-corrected chi connectivity index (χ3v) is 8.92. The van der Waals surface area contributed by atoms with Gasteiger partial charge in [0, 0.05) is 41.1 Å². The quantitative estimate of drug-likeness (QED) is 0.262. The van der Waals surface area contributed by atoms with Crippen LogP contribution in [-0.4, -0.2) is 23.6 Å². The van der Waals surface area contributed by atoms with Crippen molar-refractivity contribution in [3.05, 3.63) is 130 Å². The third-order valence-electron chi connectivity index (χ3n) is 6.61. The van der Waals surface area contributed by atoms with Gasteiger partial charge in [-0.15, -0.1) is 0 Å². The number of nitrogens with one attached hydrogen (secondary N) is 1. The number of nitrogens with zero attached hydrogens (tertiary/aromatic N) is 2. The number of pyridine rings is 1. The van der Waals surface area contributed by atoms with E-state index in [0.29, 0.717) is 15.6 Å². The Labute approximate surface area is 232 Å². The van der Waals surface area contributed by atoms with Crippen LogP contribution in [0.25, 0.3) is 0 Å². The molecule has 0 aliphatic heterocycles. The number of amides is 1. The van der Waals surface area contributed by atoms with Crippen LogP contribution in [0, 0.1) is 0 Å². The first-order valence-corrected chi connectivity index (χ1v) is 14.3. The maximum Gasteiger partial charge on any atom is 0.251 e. The van der Waals surface area contributed by atoms with Gasteiger partial charge in [-0.2, -0.15) is 4.31 Å². The number of rotatable bonds is 9. The van der Waals surface area contributed by atoms with Gasteiger partial charge in [-0.05, 0) is 84.1 Å². The molecule has 1 saturated carbocycles. The second-order valence-corrected chi connectivity index (χ2v) is 12.1. The fourth-order valence-corrected chi connectivity index (χ4v) is 5.98. The number of benzene rings is 3. The summed E-state index contributed by atoms with van der Waals surface area (Å²) in [5.74, 6) is -0.176. The minimum absolute atomic E-state index is 0.121. The molecule has 1 fully saturated rings. The summed E-state index contributed by atoms with van der Waals surface area (Å²) >= 11 is 12.0. The van der Waals surface area contributed by atoms with E-state index in [-0.39, 0.29) is 29.4 Å². The Morgan fingerprint density at radius 1 is 0.842 bits per heavy atom. The van der Waals surface area contributed by atoms with Gasteiger partial charge in [0.2, 0.25) is 10.0 Å². The fraction of sp³-hybridized carbons (Fsp3) is 0.172. The van der Waals surface area contributed by atoms with Crippen LogP contribution < -0.4 is 5.32 Å². The molecule has 0 saturated heterocycles. The standard InChI is InChI=1S/C29H25Cl2N3O3S/c30-25-9-7-24(8-10-25)29(15-16-29)33-28(35)23-5-3-21(4-6-23)19-34(20-22-2-1-17-32-18-22)38(36,37)27-13-11-26(31)12-14-27/h1-14,17-18H,15-16,19-20H2,(H,33,35). The first kappa shape index (κ1) is 26.4. The molecule has 6 nitrogen and oxygen atoms in total. The average Bonchev–Trinajstić information content (AvgIpc) is 3.70. The molecular weight excluding hydrogens is 541 g/mol. The van der Waals surface area contributed by atoms with Crippen LogP contribution in [0.15, 0.2) is 102 Å². The highest BCUT2D eigenvalue weighted by Crippen LogP contribution is 2.45. The van der Waals surface area contributed by atoms with E-state index < -0.39 is 10.0 Å². The van der Waals surface area contributed by atoms with Crippen molar-refractivity contribution in [1.82, 2.24) is 14.6 Å². The molecule has 0 bridgehead atoms. The average molecular weight is 567 g/mol. The first-order chi connectivity index (χ1) is 18.2. The van der Waals surface area contributed by atoms with Gasteiger partial charge in [0.05, 0.1) is 10.4 Å². The highest BCUT2D eigenvalue weighted by atomic mass is 35.5. The van der Waals surface area contributed by atoms with Gasteiger partial charge in [0.15, 0.2) is 0 Å². The SMILES string of the molecule is O=C(NC1(c2ccc(Cl)cc2)CC1)c1ccc(CN(Cc2cccnc2)S(=O)(=O)c2ccc(Cl)cc2)cc1. The van der Waals surface area contributed by atoms with Crippen LogP contribution in [-0.2, 0) is 28.7 Å². The molecule has 5 rings (SSSR count). The topological polar surface area (TPSA) is 79.4 Å². The maximum atomic E-state index is 13.5. The van der Waals surface area contributed by atoms with Gasteiger partial charge in [0.1, 0.15) is 0 Å². The first-order valence-electron chi connectivity index (χ1n) is 12.1. The molecule has 1 aliphatic rings. The number of sulfonamides is 1. The lowest BCUT2D eigenvalue weighted by Crippen LogP contribution is -2.34. The summed E-state index contributed by atoms with van der Waals surface area (Å²) in [6.07, 6.45) is 5.02. The molecular formula is C29H25Cl2N3O3S. The van der Waals surface area contributed by atoms with Crippen molar-refractivity contribution in [2.75, 3.05) is 0 Å². The summed E-state index contributed by atoms with van der Waals surface area (Å²) in [5.41, 5.74) is 2.69. The summed E-state index contributed by atoms with van der Waals surface area (Å²) in [6.45, 7) is 0.265. The van der Waals surface area contributed by atoms with E-state index in [4.69, 9.17) is 23.2 Å². The molecule has 3 aromatic carbocycles. The predicted molar refractivity (Wildman–Crippen MR) is 148 cm³/mol. The Morgan fingerprint density at radius 3 is 2.03 bits per heavy atom.